The molecule has 17 heavy (non-hydrogen) atoms. The highest BCUT2D eigenvalue weighted by molar-refractivity contribution is 8.00. The molecule has 2 atom stereocenters. The predicted octanol–water partition coefficient (Wildman–Crippen LogP) is 2.75. The molecular weight excluding hydrogens is 242 g/mol. The number of hydrazine groups is 1. The van der Waals surface area contributed by atoms with Gasteiger partial charge in [0.15, 0.2) is 0 Å². The molecule has 0 saturated carbocycles. The quantitative estimate of drug-likeness (QED) is 0.646. The average Bonchev–Trinajstić information content (AvgIpc) is 2.70. The van der Waals surface area contributed by atoms with E-state index in [4.69, 9.17) is 5.84 Å². The highest BCUT2D eigenvalue weighted by Crippen LogP contribution is 2.46. The molecular formula is C12H16F2N2S. The van der Waals surface area contributed by atoms with Crippen molar-refractivity contribution in [2.24, 2.45) is 5.84 Å². The third kappa shape index (κ3) is 2.46. The molecule has 0 amide bonds. The molecule has 5 heteroatoms. The van der Waals surface area contributed by atoms with Gasteiger partial charge in [-0.15, -0.1) is 0 Å². The second-order valence-corrected chi connectivity index (χ2v) is 6.16. The van der Waals surface area contributed by atoms with Crippen LogP contribution in [0.1, 0.15) is 31.4 Å². The Morgan fingerprint density at radius 3 is 2.76 bits per heavy atom. The van der Waals surface area contributed by atoms with Gasteiger partial charge in [0.05, 0.1) is 6.04 Å². The number of rotatable bonds is 3. The van der Waals surface area contributed by atoms with Crippen LogP contribution < -0.4 is 11.3 Å². The summed E-state index contributed by atoms with van der Waals surface area (Å²) in [5.74, 6) is 5.50. The lowest BCUT2D eigenvalue weighted by atomic mass is 9.90. The Balaban J connectivity index is 2.34. The van der Waals surface area contributed by atoms with Crippen molar-refractivity contribution < 1.29 is 8.78 Å². The normalized spacial score (nSPS) is 26.1. The largest absolute Gasteiger partial charge is 0.271 e. The molecule has 1 fully saturated rings. The predicted molar refractivity (Wildman–Crippen MR) is 66.5 cm³/mol. The van der Waals surface area contributed by atoms with Crippen molar-refractivity contribution in [2.75, 3.05) is 5.75 Å². The number of benzene rings is 1. The molecule has 1 aliphatic rings. The lowest BCUT2D eigenvalue weighted by Gasteiger charge is -2.33. The van der Waals surface area contributed by atoms with Crippen molar-refractivity contribution in [1.82, 2.24) is 5.43 Å². The SMILES string of the molecule is CC1(C(NN)c2ccc(F)cc2F)CCCS1. The fourth-order valence-electron chi connectivity index (χ4n) is 2.36. The molecule has 2 nitrogen and oxygen atoms in total. The molecule has 94 valence electrons. The Morgan fingerprint density at radius 2 is 2.24 bits per heavy atom. The lowest BCUT2D eigenvalue weighted by Crippen LogP contribution is -2.41. The van der Waals surface area contributed by atoms with E-state index in [1.165, 1.54) is 12.1 Å². The van der Waals surface area contributed by atoms with Crippen molar-refractivity contribution in [3.8, 4) is 0 Å². The van der Waals surface area contributed by atoms with E-state index in [1.807, 2.05) is 0 Å². The van der Waals surface area contributed by atoms with Crippen LogP contribution in [0.4, 0.5) is 8.78 Å². The molecule has 0 bridgehead atoms. The molecule has 2 rings (SSSR count). The van der Waals surface area contributed by atoms with E-state index in [0.717, 1.165) is 24.7 Å². The van der Waals surface area contributed by atoms with Gasteiger partial charge in [0.25, 0.3) is 0 Å². The van der Waals surface area contributed by atoms with Gasteiger partial charge >= 0.3 is 0 Å². The van der Waals surface area contributed by atoms with Crippen LogP contribution in [0.3, 0.4) is 0 Å². The Hall–Kier alpha value is -0.650. The molecule has 1 saturated heterocycles. The van der Waals surface area contributed by atoms with Crippen molar-refractivity contribution in [1.29, 1.82) is 0 Å². The number of hydrogen-bond donors (Lipinski definition) is 2. The van der Waals surface area contributed by atoms with Crippen LogP contribution in [-0.2, 0) is 0 Å². The topological polar surface area (TPSA) is 38.0 Å². The fraction of sp³-hybridized carbons (Fsp3) is 0.500. The van der Waals surface area contributed by atoms with Gasteiger partial charge in [0.2, 0.25) is 0 Å². The van der Waals surface area contributed by atoms with E-state index < -0.39 is 11.6 Å². The Kier molecular flexibility index (Phi) is 3.70. The van der Waals surface area contributed by atoms with E-state index in [1.54, 1.807) is 11.8 Å². The zero-order valence-electron chi connectivity index (χ0n) is 9.67. The first kappa shape index (κ1) is 12.8. The smallest absolute Gasteiger partial charge is 0.130 e. The molecule has 3 N–H and O–H groups in total. The summed E-state index contributed by atoms with van der Waals surface area (Å²) >= 11 is 1.78. The van der Waals surface area contributed by atoms with E-state index in [-0.39, 0.29) is 10.8 Å². The first-order valence-corrected chi connectivity index (χ1v) is 6.60. The first-order chi connectivity index (χ1) is 8.07. The van der Waals surface area contributed by atoms with Gasteiger partial charge < -0.3 is 0 Å². The van der Waals surface area contributed by atoms with Crippen LogP contribution in [0.5, 0.6) is 0 Å². The van der Waals surface area contributed by atoms with Gasteiger partial charge in [-0.05, 0) is 31.6 Å². The second-order valence-electron chi connectivity index (χ2n) is 4.53. The number of halogens is 2. The van der Waals surface area contributed by atoms with E-state index in [2.05, 4.69) is 12.3 Å². The number of nitrogens with one attached hydrogen (secondary N) is 1. The van der Waals surface area contributed by atoms with Gasteiger partial charge in [-0.3, -0.25) is 11.3 Å². The molecule has 1 aliphatic heterocycles. The molecule has 1 aromatic carbocycles. The van der Waals surface area contributed by atoms with E-state index >= 15 is 0 Å². The third-order valence-corrected chi connectivity index (χ3v) is 4.89. The minimum absolute atomic E-state index is 0.132. The zero-order valence-corrected chi connectivity index (χ0v) is 10.5. The summed E-state index contributed by atoms with van der Waals surface area (Å²) in [6, 6.07) is 3.35. The summed E-state index contributed by atoms with van der Waals surface area (Å²) in [5, 5.41) is 0. The summed E-state index contributed by atoms with van der Waals surface area (Å²) in [5.41, 5.74) is 3.11. The molecule has 0 radical (unpaired) electrons. The maximum atomic E-state index is 13.8. The lowest BCUT2D eigenvalue weighted by molar-refractivity contribution is 0.404. The second kappa shape index (κ2) is 4.92. The van der Waals surface area contributed by atoms with Gasteiger partial charge in [-0.2, -0.15) is 11.8 Å². The summed E-state index contributed by atoms with van der Waals surface area (Å²) in [6.07, 6.45) is 2.07. The van der Waals surface area contributed by atoms with Gasteiger partial charge in [-0.1, -0.05) is 6.07 Å². The van der Waals surface area contributed by atoms with Crippen molar-refractivity contribution in [3.05, 3.63) is 35.4 Å². The van der Waals surface area contributed by atoms with Crippen LogP contribution in [0.25, 0.3) is 0 Å². The summed E-state index contributed by atoms with van der Waals surface area (Å²) in [7, 11) is 0. The molecule has 0 aliphatic carbocycles. The third-order valence-electron chi connectivity index (χ3n) is 3.30. The summed E-state index contributed by atoms with van der Waals surface area (Å²) in [4.78, 5) is 0. The van der Waals surface area contributed by atoms with Gasteiger partial charge in [0, 0.05) is 16.4 Å². The fourth-order valence-corrected chi connectivity index (χ4v) is 3.76. The molecule has 2 unspecified atom stereocenters. The van der Waals surface area contributed by atoms with Crippen molar-refractivity contribution in [2.45, 2.75) is 30.6 Å². The average molecular weight is 258 g/mol. The monoisotopic (exact) mass is 258 g/mol. The van der Waals surface area contributed by atoms with Gasteiger partial charge in [-0.25, -0.2) is 8.78 Å². The maximum Gasteiger partial charge on any atom is 0.130 e. The minimum Gasteiger partial charge on any atom is -0.271 e. The summed E-state index contributed by atoms with van der Waals surface area (Å²) in [6.45, 7) is 2.07. The van der Waals surface area contributed by atoms with Crippen molar-refractivity contribution >= 4 is 11.8 Å². The minimum atomic E-state index is -0.564. The number of nitrogens with two attached hydrogens (primary N) is 1. The number of hydrogen-bond acceptors (Lipinski definition) is 3. The first-order valence-electron chi connectivity index (χ1n) is 5.62. The highest BCUT2D eigenvalue weighted by Gasteiger charge is 2.39. The molecule has 0 spiro atoms. The van der Waals surface area contributed by atoms with Crippen LogP contribution >= 0.6 is 11.8 Å². The van der Waals surface area contributed by atoms with E-state index in [9.17, 15) is 8.78 Å². The Labute approximate surface area is 104 Å². The molecule has 0 aromatic heterocycles. The highest BCUT2D eigenvalue weighted by atomic mass is 32.2. The van der Waals surface area contributed by atoms with Crippen LogP contribution in [0.2, 0.25) is 0 Å². The van der Waals surface area contributed by atoms with Crippen LogP contribution in [-0.4, -0.2) is 10.5 Å². The Bertz CT molecular complexity index is 405. The van der Waals surface area contributed by atoms with Gasteiger partial charge in [0.1, 0.15) is 11.6 Å². The zero-order chi connectivity index (χ0) is 12.5. The standard InChI is InChI=1S/C12H16F2N2S/c1-12(5-2-6-17-12)11(16-15)9-4-3-8(13)7-10(9)14/h3-4,7,11,16H,2,5-6,15H2,1H3. The molecule has 1 heterocycles. The van der Waals surface area contributed by atoms with Crippen LogP contribution in [0, 0.1) is 11.6 Å². The maximum absolute atomic E-state index is 13.8. The number of thioether (sulfide) groups is 1. The van der Waals surface area contributed by atoms with E-state index in [0.29, 0.717) is 5.56 Å². The van der Waals surface area contributed by atoms with Crippen molar-refractivity contribution in [3.63, 3.8) is 0 Å². The Morgan fingerprint density at radius 1 is 1.47 bits per heavy atom. The van der Waals surface area contributed by atoms with Crippen LogP contribution in [0.15, 0.2) is 18.2 Å². The summed E-state index contributed by atoms with van der Waals surface area (Å²) < 4.78 is 26.5. The molecule has 1 aromatic rings.